The van der Waals surface area contributed by atoms with Gasteiger partial charge in [-0.05, 0) is 12.8 Å². The first-order valence-corrected chi connectivity index (χ1v) is 26.1. The monoisotopic (exact) mass is 906 g/mol. The summed E-state index contributed by atoms with van der Waals surface area (Å²) in [5, 5.41) is 97.0. The highest BCUT2D eigenvalue weighted by atomic mass is 16.7. The Bertz CT molecular complexity index is 1030. The third kappa shape index (κ3) is 28.7. The maximum absolute atomic E-state index is 13.2. The van der Waals surface area contributed by atoms with Crippen LogP contribution >= 0.6 is 0 Å². The molecule has 10 N–H and O–H groups in total. The average Bonchev–Trinajstić information content (AvgIpc) is 3.28. The predicted octanol–water partition coefficient (Wildman–Crippen LogP) is 7.40. The van der Waals surface area contributed by atoms with E-state index in [9.17, 15) is 50.8 Å². The fraction of sp³-hybridized carbons (Fsp3) is 0.980. The van der Waals surface area contributed by atoms with Crippen LogP contribution in [-0.4, -0.2) is 132 Å². The topological polar surface area (TPSA) is 230 Å². The van der Waals surface area contributed by atoms with Gasteiger partial charge in [0.1, 0.15) is 36.6 Å². The van der Waals surface area contributed by atoms with E-state index in [1.54, 1.807) is 0 Å². The second kappa shape index (κ2) is 40.1. The average molecular weight is 906 g/mol. The third-order valence-corrected chi connectivity index (χ3v) is 13.1. The number of hydrogen-bond acceptors (Lipinski definition) is 12. The molecule has 1 amide bonds. The summed E-state index contributed by atoms with van der Waals surface area (Å²) < 4.78 is 11.0. The Morgan fingerprint density at radius 3 is 1.17 bits per heavy atom. The van der Waals surface area contributed by atoms with Crippen molar-refractivity contribution in [2.45, 2.75) is 299 Å². The summed E-state index contributed by atoms with van der Waals surface area (Å²) in [5.41, 5.74) is 0. The molecule has 13 heteroatoms. The number of nitrogens with one attached hydrogen (secondary N) is 1. The van der Waals surface area contributed by atoms with Crippen LogP contribution in [0.3, 0.4) is 0 Å². The van der Waals surface area contributed by atoms with Crippen molar-refractivity contribution in [2.75, 3.05) is 13.2 Å². The van der Waals surface area contributed by atoms with Crippen molar-refractivity contribution < 1.29 is 60.2 Å². The molecule has 0 aromatic carbocycles. The van der Waals surface area contributed by atoms with E-state index in [0.29, 0.717) is 12.8 Å². The Morgan fingerprint density at radius 1 is 0.492 bits per heavy atom. The van der Waals surface area contributed by atoms with E-state index in [-0.39, 0.29) is 12.8 Å². The van der Waals surface area contributed by atoms with Gasteiger partial charge >= 0.3 is 0 Å². The van der Waals surface area contributed by atoms with E-state index in [0.717, 1.165) is 44.9 Å². The van der Waals surface area contributed by atoms with Gasteiger partial charge in [0.05, 0.1) is 31.5 Å². The molecule has 0 aliphatic carbocycles. The lowest BCUT2D eigenvalue weighted by molar-refractivity contribution is -0.303. The first-order chi connectivity index (χ1) is 30.5. The van der Waals surface area contributed by atoms with Gasteiger partial charge in [0.25, 0.3) is 5.91 Å². The summed E-state index contributed by atoms with van der Waals surface area (Å²) >= 11 is 0. The van der Waals surface area contributed by atoms with E-state index in [4.69, 9.17) is 9.47 Å². The maximum Gasteiger partial charge on any atom is 0.252 e. The Balaban J connectivity index is 2.44. The number of carbonyl (C=O) groups excluding carboxylic acids is 1. The summed E-state index contributed by atoms with van der Waals surface area (Å²) in [6.45, 7) is 3.22. The highest BCUT2D eigenvalue weighted by Gasteiger charge is 2.45. The standard InChI is InChI=1S/C50H99NO12/c1-3-5-7-9-11-13-15-17-18-19-20-21-22-23-24-26-28-30-32-34-36-41(54)44(56)47(59)49(61)51-39(38-62-50-48(60)46(58)45(57)42(37-52)63-50)43(55)40(53)35-33-31-29-27-25-16-14-12-10-8-6-4-2/h39-48,50,52-60H,3-38H2,1-2H3,(H,51,61)/t39-,40+,41+,42+,43-,44+,45-,46-,47+,48+,50-/m0/s1. The van der Waals surface area contributed by atoms with Crippen molar-refractivity contribution >= 4 is 5.91 Å². The molecule has 0 bridgehead atoms. The van der Waals surface area contributed by atoms with Crippen molar-refractivity contribution in [3.63, 3.8) is 0 Å². The minimum Gasteiger partial charge on any atom is -0.394 e. The van der Waals surface area contributed by atoms with Crippen molar-refractivity contribution in [3.05, 3.63) is 0 Å². The van der Waals surface area contributed by atoms with Crippen LogP contribution < -0.4 is 5.32 Å². The Morgan fingerprint density at radius 2 is 0.825 bits per heavy atom. The molecule has 1 fully saturated rings. The molecule has 1 aliphatic heterocycles. The summed E-state index contributed by atoms with van der Waals surface area (Å²) in [7, 11) is 0. The Labute approximate surface area is 383 Å². The van der Waals surface area contributed by atoms with Gasteiger partial charge in [-0.3, -0.25) is 4.79 Å². The number of ether oxygens (including phenoxy) is 2. The van der Waals surface area contributed by atoms with Crippen LogP contribution in [0.25, 0.3) is 0 Å². The van der Waals surface area contributed by atoms with Gasteiger partial charge in [0.15, 0.2) is 12.4 Å². The number of unbranched alkanes of at least 4 members (excludes halogenated alkanes) is 30. The van der Waals surface area contributed by atoms with Crippen LogP contribution in [0.1, 0.15) is 232 Å². The molecule has 63 heavy (non-hydrogen) atoms. The molecular formula is C50H99NO12. The minimum absolute atomic E-state index is 0.189. The molecule has 0 saturated carbocycles. The lowest BCUT2D eigenvalue weighted by atomic mass is 9.97. The number of rotatable bonds is 44. The predicted molar refractivity (Wildman–Crippen MR) is 250 cm³/mol. The molecule has 0 aromatic rings. The van der Waals surface area contributed by atoms with Crippen LogP contribution in [0.15, 0.2) is 0 Å². The third-order valence-electron chi connectivity index (χ3n) is 13.1. The SMILES string of the molecule is CCCCCCCCCCCCCCCCCCCCCC[C@@H](O)[C@@H](O)[C@@H](O)C(=O)N[C@@H](CO[C@H]1O[C@H](CO)[C@H](O)[C@H](O)[C@H]1O)[C@H](O)[C@H](O)CCCCCCCCCCCCCC. The molecule has 1 heterocycles. The van der Waals surface area contributed by atoms with E-state index >= 15 is 0 Å². The number of aliphatic hydroxyl groups excluding tert-OH is 9. The van der Waals surface area contributed by atoms with Gasteiger partial charge in [0, 0.05) is 0 Å². The molecule has 11 atom stereocenters. The molecule has 0 spiro atoms. The minimum atomic E-state index is -2.06. The largest absolute Gasteiger partial charge is 0.394 e. The summed E-state index contributed by atoms with van der Waals surface area (Å²) in [4.78, 5) is 13.2. The first-order valence-electron chi connectivity index (χ1n) is 26.1. The van der Waals surface area contributed by atoms with Crippen molar-refractivity contribution in [1.82, 2.24) is 5.32 Å². The summed E-state index contributed by atoms with van der Waals surface area (Å²) in [6, 6.07) is -1.37. The zero-order valence-corrected chi connectivity index (χ0v) is 40.1. The van der Waals surface area contributed by atoms with E-state index in [1.807, 2.05) is 0 Å². The second-order valence-corrected chi connectivity index (χ2v) is 18.9. The molecule has 1 saturated heterocycles. The quantitative estimate of drug-likeness (QED) is 0.0270. The number of hydrogen-bond donors (Lipinski definition) is 10. The normalized spacial score (nSPS) is 22.1. The van der Waals surface area contributed by atoms with E-state index < -0.39 is 86.4 Å². The van der Waals surface area contributed by atoms with Gasteiger partial charge in [-0.15, -0.1) is 0 Å². The lowest BCUT2D eigenvalue weighted by Crippen LogP contribution is -2.61. The van der Waals surface area contributed by atoms with Crippen molar-refractivity contribution in [2.24, 2.45) is 0 Å². The fourth-order valence-corrected chi connectivity index (χ4v) is 8.68. The molecule has 0 aromatic heterocycles. The van der Waals surface area contributed by atoms with Gasteiger partial charge in [-0.2, -0.15) is 0 Å². The molecule has 0 unspecified atom stereocenters. The zero-order valence-electron chi connectivity index (χ0n) is 40.1. The number of aliphatic hydroxyl groups is 9. The van der Waals surface area contributed by atoms with Gasteiger partial charge in [-0.1, -0.05) is 219 Å². The number of carbonyl (C=O) groups is 1. The summed E-state index contributed by atoms with van der Waals surface area (Å²) in [6.07, 6.45) is 22.9. The fourth-order valence-electron chi connectivity index (χ4n) is 8.68. The van der Waals surface area contributed by atoms with Crippen LogP contribution in [0, 0.1) is 0 Å². The number of amides is 1. The molecule has 13 nitrogen and oxygen atoms in total. The van der Waals surface area contributed by atoms with Crippen LogP contribution in [0.5, 0.6) is 0 Å². The second-order valence-electron chi connectivity index (χ2n) is 18.9. The van der Waals surface area contributed by atoms with Crippen LogP contribution in [0.2, 0.25) is 0 Å². The zero-order chi connectivity index (χ0) is 46.5. The Kier molecular flexibility index (Phi) is 38.2. The maximum atomic E-state index is 13.2. The molecule has 376 valence electrons. The van der Waals surface area contributed by atoms with E-state index in [2.05, 4.69) is 19.2 Å². The van der Waals surface area contributed by atoms with Crippen molar-refractivity contribution in [1.29, 1.82) is 0 Å². The lowest BCUT2D eigenvalue weighted by Gasteiger charge is -2.40. The van der Waals surface area contributed by atoms with Crippen molar-refractivity contribution in [3.8, 4) is 0 Å². The van der Waals surface area contributed by atoms with Gasteiger partial charge in [-0.25, -0.2) is 0 Å². The molecule has 1 rings (SSSR count). The summed E-state index contributed by atoms with van der Waals surface area (Å²) in [5.74, 6) is -1.11. The first kappa shape index (κ1) is 60.0. The van der Waals surface area contributed by atoms with E-state index in [1.165, 1.54) is 148 Å². The molecule has 1 aliphatic rings. The smallest absolute Gasteiger partial charge is 0.252 e. The molecular weight excluding hydrogens is 807 g/mol. The van der Waals surface area contributed by atoms with Gasteiger partial charge < -0.3 is 60.7 Å². The van der Waals surface area contributed by atoms with Crippen LogP contribution in [-0.2, 0) is 14.3 Å². The Hall–Kier alpha value is -0.970. The highest BCUT2D eigenvalue weighted by molar-refractivity contribution is 5.81. The highest BCUT2D eigenvalue weighted by Crippen LogP contribution is 2.23. The van der Waals surface area contributed by atoms with Gasteiger partial charge in [0.2, 0.25) is 0 Å². The van der Waals surface area contributed by atoms with Crippen LogP contribution in [0.4, 0.5) is 0 Å². The molecule has 0 radical (unpaired) electrons.